The largest absolute Gasteiger partial charge is 0.368 e. The van der Waals surface area contributed by atoms with Gasteiger partial charge in [-0.3, -0.25) is 4.79 Å². The second-order valence-electron chi connectivity index (χ2n) is 4.83. The molecule has 1 fully saturated rings. The third kappa shape index (κ3) is 4.74. The lowest BCUT2D eigenvalue weighted by Gasteiger charge is -2.27. The summed E-state index contributed by atoms with van der Waals surface area (Å²) in [4.78, 5) is 11.5. The van der Waals surface area contributed by atoms with Crippen LogP contribution in [0.15, 0.2) is 0 Å². The highest BCUT2D eigenvalue weighted by Crippen LogP contribution is 2.25. The Balaban J connectivity index is 2.23. The van der Waals surface area contributed by atoms with Crippen molar-refractivity contribution in [1.82, 2.24) is 5.32 Å². The van der Waals surface area contributed by atoms with E-state index in [0.717, 1.165) is 18.6 Å². The minimum Gasteiger partial charge on any atom is -0.368 e. The topological polar surface area (TPSA) is 55.1 Å². The van der Waals surface area contributed by atoms with E-state index in [1.807, 2.05) is 18.7 Å². The van der Waals surface area contributed by atoms with Crippen LogP contribution in [0.5, 0.6) is 0 Å². The summed E-state index contributed by atoms with van der Waals surface area (Å²) in [6.45, 7) is 4.13. The number of hydrogen-bond acceptors (Lipinski definition) is 3. The third-order valence-corrected chi connectivity index (χ3v) is 4.23. The first kappa shape index (κ1) is 13.8. The maximum atomic E-state index is 11.5. The summed E-state index contributed by atoms with van der Waals surface area (Å²) in [6, 6.07) is 0.529. The summed E-state index contributed by atoms with van der Waals surface area (Å²) in [5.41, 5.74) is 4.99. The highest BCUT2D eigenvalue weighted by atomic mass is 32.2. The average molecular weight is 244 g/mol. The van der Waals surface area contributed by atoms with Crippen molar-refractivity contribution in [1.29, 1.82) is 0 Å². The molecule has 1 rings (SSSR count). The molecule has 94 valence electrons. The van der Waals surface area contributed by atoms with Gasteiger partial charge in [0, 0.05) is 6.04 Å². The lowest BCUT2D eigenvalue weighted by molar-refractivity contribution is -0.124. The lowest BCUT2D eigenvalue weighted by Crippen LogP contribution is -2.54. The van der Waals surface area contributed by atoms with Crippen LogP contribution in [0, 0.1) is 0 Å². The fourth-order valence-corrected chi connectivity index (χ4v) is 2.56. The van der Waals surface area contributed by atoms with Crippen LogP contribution in [0.25, 0.3) is 0 Å². The van der Waals surface area contributed by atoms with Crippen molar-refractivity contribution >= 4 is 17.7 Å². The van der Waals surface area contributed by atoms with Crippen LogP contribution in [-0.4, -0.2) is 29.0 Å². The number of carbonyl (C=O) groups excluding carboxylic acids is 1. The molecule has 3 N–H and O–H groups in total. The van der Waals surface area contributed by atoms with Gasteiger partial charge in [0.2, 0.25) is 5.91 Å². The molecular formula is C12H24N2OS. The Hall–Kier alpha value is -0.220. The molecule has 1 atom stereocenters. The molecule has 0 aromatic heterocycles. The van der Waals surface area contributed by atoms with Gasteiger partial charge in [-0.15, -0.1) is 0 Å². The highest BCUT2D eigenvalue weighted by Gasteiger charge is 2.36. The number of carbonyl (C=O) groups is 1. The Kier molecular flexibility index (Phi) is 5.62. The van der Waals surface area contributed by atoms with E-state index in [4.69, 9.17) is 5.73 Å². The van der Waals surface area contributed by atoms with Crippen LogP contribution < -0.4 is 11.1 Å². The van der Waals surface area contributed by atoms with Crippen molar-refractivity contribution in [2.45, 2.75) is 57.5 Å². The van der Waals surface area contributed by atoms with Crippen molar-refractivity contribution in [3.63, 3.8) is 0 Å². The van der Waals surface area contributed by atoms with Crippen LogP contribution in [0.1, 0.15) is 46.0 Å². The second kappa shape index (κ2) is 6.50. The van der Waals surface area contributed by atoms with Crippen molar-refractivity contribution < 1.29 is 4.79 Å². The fraction of sp³-hybridized carbons (Fsp3) is 0.917. The number of nitrogens with one attached hydrogen (secondary N) is 1. The molecule has 0 heterocycles. The molecule has 1 aliphatic carbocycles. The first-order valence-corrected chi connectivity index (χ1v) is 7.39. The van der Waals surface area contributed by atoms with E-state index in [0.29, 0.717) is 6.04 Å². The van der Waals surface area contributed by atoms with Crippen LogP contribution in [0.3, 0.4) is 0 Å². The predicted octanol–water partition coefficient (Wildman–Crippen LogP) is 1.91. The third-order valence-electron chi connectivity index (χ3n) is 2.96. The summed E-state index contributed by atoms with van der Waals surface area (Å²) in [5, 5.41) is 3.37. The standard InChI is InChI=1S/C12H24N2OS/c1-3-8-16-9-4-7-12(2,11(13)15)14-10-5-6-10/h10,14H,3-9H2,1-2H3,(H2,13,15). The minimum atomic E-state index is -0.492. The zero-order chi connectivity index (χ0) is 12.0. The molecule has 4 heteroatoms. The zero-order valence-electron chi connectivity index (χ0n) is 10.4. The molecule has 1 saturated carbocycles. The van der Waals surface area contributed by atoms with Crippen LogP contribution in [-0.2, 0) is 4.79 Å². The van der Waals surface area contributed by atoms with E-state index in [2.05, 4.69) is 12.2 Å². The van der Waals surface area contributed by atoms with Crippen molar-refractivity contribution in [3.05, 3.63) is 0 Å². The molecule has 3 nitrogen and oxygen atoms in total. The van der Waals surface area contributed by atoms with Gasteiger partial charge in [-0.05, 0) is 50.5 Å². The number of rotatable bonds is 9. The van der Waals surface area contributed by atoms with Crippen molar-refractivity contribution in [2.75, 3.05) is 11.5 Å². The molecule has 0 saturated heterocycles. The van der Waals surface area contributed by atoms with E-state index >= 15 is 0 Å². The summed E-state index contributed by atoms with van der Waals surface area (Å²) in [6.07, 6.45) is 5.51. The first-order valence-electron chi connectivity index (χ1n) is 6.24. The quantitative estimate of drug-likeness (QED) is 0.609. The van der Waals surface area contributed by atoms with Gasteiger partial charge in [0.25, 0.3) is 0 Å². The molecule has 0 spiro atoms. The molecule has 0 aromatic carbocycles. The Bertz CT molecular complexity index is 231. The van der Waals surface area contributed by atoms with E-state index in [1.54, 1.807) is 0 Å². The monoisotopic (exact) mass is 244 g/mol. The lowest BCUT2D eigenvalue weighted by atomic mass is 9.95. The molecular weight excluding hydrogens is 220 g/mol. The minimum absolute atomic E-state index is 0.208. The van der Waals surface area contributed by atoms with Gasteiger partial charge in [-0.25, -0.2) is 0 Å². The highest BCUT2D eigenvalue weighted by molar-refractivity contribution is 7.99. The van der Waals surface area contributed by atoms with Gasteiger partial charge in [0.05, 0.1) is 5.54 Å². The van der Waals surface area contributed by atoms with Crippen LogP contribution in [0.4, 0.5) is 0 Å². The molecule has 0 radical (unpaired) electrons. The Labute approximate surface area is 103 Å². The SMILES string of the molecule is CCCSCCCC(C)(NC1CC1)C(N)=O. The zero-order valence-corrected chi connectivity index (χ0v) is 11.2. The second-order valence-corrected chi connectivity index (χ2v) is 6.06. The summed E-state index contributed by atoms with van der Waals surface area (Å²) >= 11 is 1.96. The average Bonchev–Trinajstić information content (AvgIpc) is 3.01. The summed E-state index contributed by atoms with van der Waals surface area (Å²) in [5.74, 6) is 2.13. The number of hydrogen-bond donors (Lipinski definition) is 2. The Morgan fingerprint density at radius 3 is 2.69 bits per heavy atom. The van der Waals surface area contributed by atoms with Gasteiger partial charge in [-0.2, -0.15) is 11.8 Å². The first-order chi connectivity index (χ1) is 7.58. The van der Waals surface area contributed by atoms with E-state index in [9.17, 15) is 4.79 Å². The van der Waals surface area contributed by atoms with Gasteiger partial charge < -0.3 is 11.1 Å². The Morgan fingerprint density at radius 2 is 2.19 bits per heavy atom. The Morgan fingerprint density at radius 1 is 1.50 bits per heavy atom. The van der Waals surface area contributed by atoms with Crippen molar-refractivity contribution in [2.24, 2.45) is 5.73 Å². The molecule has 1 unspecified atom stereocenters. The molecule has 1 amide bonds. The smallest absolute Gasteiger partial charge is 0.237 e. The molecule has 0 aromatic rings. The normalized spacial score (nSPS) is 19.4. The fourth-order valence-electron chi connectivity index (χ4n) is 1.72. The summed E-state index contributed by atoms with van der Waals surface area (Å²) in [7, 11) is 0. The van der Waals surface area contributed by atoms with Crippen LogP contribution in [0.2, 0.25) is 0 Å². The van der Waals surface area contributed by atoms with Gasteiger partial charge in [0.15, 0.2) is 0 Å². The number of nitrogens with two attached hydrogens (primary N) is 1. The van der Waals surface area contributed by atoms with Gasteiger partial charge in [-0.1, -0.05) is 6.92 Å². The maximum absolute atomic E-state index is 11.5. The predicted molar refractivity (Wildman–Crippen MR) is 70.6 cm³/mol. The number of thioether (sulfide) groups is 1. The molecule has 1 aliphatic rings. The van der Waals surface area contributed by atoms with Crippen molar-refractivity contribution in [3.8, 4) is 0 Å². The number of primary amides is 1. The van der Waals surface area contributed by atoms with Gasteiger partial charge >= 0.3 is 0 Å². The maximum Gasteiger partial charge on any atom is 0.237 e. The van der Waals surface area contributed by atoms with E-state index in [1.165, 1.54) is 25.0 Å². The van der Waals surface area contributed by atoms with E-state index < -0.39 is 5.54 Å². The molecule has 16 heavy (non-hydrogen) atoms. The summed E-state index contributed by atoms with van der Waals surface area (Å²) < 4.78 is 0. The number of amides is 1. The molecule has 0 bridgehead atoms. The van der Waals surface area contributed by atoms with Gasteiger partial charge in [0.1, 0.15) is 0 Å². The van der Waals surface area contributed by atoms with E-state index in [-0.39, 0.29) is 5.91 Å². The van der Waals surface area contributed by atoms with Crippen LogP contribution >= 0.6 is 11.8 Å². The molecule has 0 aliphatic heterocycles.